The molecule has 1 aromatic heterocycles. The molecule has 0 radical (unpaired) electrons. The summed E-state index contributed by atoms with van der Waals surface area (Å²) in [6.45, 7) is 3.92. The summed E-state index contributed by atoms with van der Waals surface area (Å²) in [5, 5.41) is 3.42. The molecule has 0 saturated heterocycles. The highest BCUT2D eigenvalue weighted by molar-refractivity contribution is 6.10. The smallest absolute Gasteiger partial charge is 0.321 e. The van der Waals surface area contributed by atoms with Gasteiger partial charge in [0.1, 0.15) is 5.69 Å². The second kappa shape index (κ2) is 5.44. The number of aromatic nitrogens is 2. The van der Waals surface area contributed by atoms with Gasteiger partial charge < -0.3 is 10.3 Å². The standard InChI is InChI=1S/C17H15N3O2/c1-10-7-11(2)9-12(8-10)18-16(21)15-13-5-3-4-6-14(13)19-17(22)20-15/h3-9H,1-2H3,(H,18,21)(H,19,20,22). The van der Waals surface area contributed by atoms with Crippen LogP contribution in [0.4, 0.5) is 5.69 Å². The van der Waals surface area contributed by atoms with Crippen LogP contribution in [-0.4, -0.2) is 15.9 Å². The molecule has 0 aliphatic heterocycles. The minimum atomic E-state index is -0.538. The Balaban J connectivity index is 2.04. The first-order valence-electron chi connectivity index (χ1n) is 6.91. The average Bonchev–Trinajstić information content (AvgIpc) is 2.45. The molecule has 5 heteroatoms. The van der Waals surface area contributed by atoms with E-state index in [2.05, 4.69) is 15.3 Å². The van der Waals surface area contributed by atoms with Crippen LogP contribution < -0.4 is 11.0 Å². The number of aromatic amines is 1. The van der Waals surface area contributed by atoms with Crippen molar-refractivity contribution in [1.29, 1.82) is 0 Å². The first-order chi connectivity index (χ1) is 10.5. The van der Waals surface area contributed by atoms with E-state index in [1.807, 2.05) is 32.0 Å². The van der Waals surface area contributed by atoms with Gasteiger partial charge in [-0.2, -0.15) is 4.98 Å². The van der Waals surface area contributed by atoms with E-state index in [1.165, 1.54) is 0 Å². The Morgan fingerprint density at radius 1 is 1.09 bits per heavy atom. The van der Waals surface area contributed by atoms with E-state index >= 15 is 0 Å². The Morgan fingerprint density at radius 3 is 2.50 bits per heavy atom. The SMILES string of the molecule is Cc1cc(C)cc(NC(=O)c2nc(=O)[nH]c3ccccc23)c1. The quantitative estimate of drug-likeness (QED) is 0.763. The van der Waals surface area contributed by atoms with Gasteiger partial charge in [0.05, 0.1) is 5.52 Å². The van der Waals surface area contributed by atoms with Crippen molar-refractivity contribution in [1.82, 2.24) is 9.97 Å². The number of amides is 1. The van der Waals surface area contributed by atoms with Crippen LogP contribution in [-0.2, 0) is 0 Å². The average molecular weight is 293 g/mol. The molecule has 22 heavy (non-hydrogen) atoms. The summed E-state index contributed by atoms with van der Waals surface area (Å²) in [7, 11) is 0. The second-order valence-corrected chi connectivity index (χ2v) is 5.27. The molecular formula is C17H15N3O2. The molecule has 1 amide bonds. The monoisotopic (exact) mass is 293 g/mol. The summed E-state index contributed by atoms with van der Waals surface area (Å²) < 4.78 is 0. The third-order valence-electron chi connectivity index (χ3n) is 3.33. The number of benzene rings is 2. The number of anilines is 1. The summed E-state index contributed by atoms with van der Waals surface area (Å²) in [6, 6.07) is 12.9. The highest BCUT2D eigenvalue weighted by Crippen LogP contribution is 2.17. The normalized spacial score (nSPS) is 10.6. The van der Waals surface area contributed by atoms with Crippen LogP contribution in [0, 0.1) is 13.8 Å². The summed E-state index contributed by atoms with van der Waals surface area (Å²) in [4.78, 5) is 30.5. The maximum absolute atomic E-state index is 12.5. The molecule has 0 aliphatic rings. The van der Waals surface area contributed by atoms with Gasteiger partial charge in [-0.3, -0.25) is 4.79 Å². The number of para-hydroxylation sites is 1. The van der Waals surface area contributed by atoms with Gasteiger partial charge >= 0.3 is 5.69 Å². The summed E-state index contributed by atoms with van der Waals surface area (Å²) in [6.07, 6.45) is 0. The Kier molecular flexibility index (Phi) is 3.47. The molecule has 3 aromatic rings. The Hall–Kier alpha value is -2.95. The molecule has 1 heterocycles. The molecule has 0 saturated carbocycles. The zero-order valence-electron chi connectivity index (χ0n) is 12.3. The van der Waals surface area contributed by atoms with Gasteiger partial charge in [-0.25, -0.2) is 4.79 Å². The number of H-pyrrole nitrogens is 1. The molecule has 3 rings (SSSR count). The molecular weight excluding hydrogens is 278 g/mol. The fraction of sp³-hybridized carbons (Fsp3) is 0.118. The van der Waals surface area contributed by atoms with Gasteiger partial charge in [0.25, 0.3) is 5.91 Å². The highest BCUT2D eigenvalue weighted by atomic mass is 16.2. The van der Waals surface area contributed by atoms with E-state index in [0.29, 0.717) is 16.6 Å². The lowest BCUT2D eigenvalue weighted by molar-refractivity contribution is 0.102. The van der Waals surface area contributed by atoms with E-state index < -0.39 is 11.6 Å². The number of fused-ring (bicyclic) bond motifs is 1. The van der Waals surface area contributed by atoms with Crippen molar-refractivity contribution in [2.24, 2.45) is 0 Å². The lowest BCUT2D eigenvalue weighted by Gasteiger charge is -2.08. The van der Waals surface area contributed by atoms with Crippen LogP contribution in [0.15, 0.2) is 47.3 Å². The fourth-order valence-corrected chi connectivity index (χ4v) is 2.51. The molecule has 110 valence electrons. The van der Waals surface area contributed by atoms with Gasteiger partial charge in [-0.15, -0.1) is 0 Å². The lowest BCUT2D eigenvalue weighted by Crippen LogP contribution is -2.21. The van der Waals surface area contributed by atoms with E-state index in [4.69, 9.17) is 0 Å². The minimum Gasteiger partial charge on any atom is -0.321 e. The predicted octanol–water partition coefficient (Wildman–Crippen LogP) is 2.79. The third-order valence-corrected chi connectivity index (χ3v) is 3.33. The fourth-order valence-electron chi connectivity index (χ4n) is 2.51. The number of hydrogen-bond acceptors (Lipinski definition) is 3. The largest absolute Gasteiger partial charge is 0.346 e. The van der Waals surface area contributed by atoms with Crippen molar-refractivity contribution in [3.05, 3.63) is 69.8 Å². The van der Waals surface area contributed by atoms with Crippen LogP contribution in [0.1, 0.15) is 21.6 Å². The zero-order valence-corrected chi connectivity index (χ0v) is 12.3. The maximum atomic E-state index is 12.5. The van der Waals surface area contributed by atoms with Crippen molar-refractivity contribution in [3.8, 4) is 0 Å². The molecule has 0 unspecified atom stereocenters. The van der Waals surface area contributed by atoms with E-state index in [-0.39, 0.29) is 5.69 Å². The highest BCUT2D eigenvalue weighted by Gasteiger charge is 2.13. The molecule has 0 spiro atoms. The third kappa shape index (κ3) is 2.74. The predicted molar refractivity (Wildman–Crippen MR) is 86.2 cm³/mol. The minimum absolute atomic E-state index is 0.124. The van der Waals surface area contributed by atoms with E-state index in [9.17, 15) is 9.59 Å². The van der Waals surface area contributed by atoms with E-state index in [1.54, 1.807) is 24.3 Å². The van der Waals surface area contributed by atoms with Crippen LogP contribution in [0.3, 0.4) is 0 Å². The van der Waals surface area contributed by atoms with Gasteiger partial charge in [-0.1, -0.05) is 24.3 Å². The first kappa shape index (κ1) is 14.0. The maximum Gasteiger partial charge on any atom is 0.346 e. The number of hydrogen-bond donors (Lipinski definition) is 2. The summed E-state index contributed by atoms with van der Waals surface area (Å²) in [5.41, 5.74) is 2.97. The van der Waals surface area contributed by atoms with Crippen LogP contribution in [0.5, 0.6) is 0 Å². The van der Waals surface area contributed by atoms with Gasteiger partial charge in [0, 0.05) is 11.1 Å². The molecule has 2 N–H and O–H groups in total. The number of carbonyl (C=O) groups is 1. The van der Waals surface area contributed by atoms with Crippen molar-refractivity contribution >= 4 is 22.5 Å². The van der Waals surface area contributed by atoms with Gasteiger partial charge in [0.15, 0.2) is 0 Å². The number of nitrogens with one attached hydrogen (secondary N) is 2. The topological polar surface area (TPSA) is 74.8 Å². The van der Waals surface area contributed by atoms with Crippen molar-refractivity contribution < 1.29 is 4.79 Å². The number of nitrogens with zero attached hydrogens (tertiary/aromatic N) is 1. The van der Waals surface area contributed by atoms with Crippen molar-refractivity contribution in [3.63, 3.8) is 0 Å². The Bertz CT molecular complexity index is 908. The molecule has 2 aromatic carbocycles. The Labute approximate surface area is 127 Å². The van der Waals surface area contributed by atoms with Crippen molar-refractivity contribution in [2.75, 3.05) is 5.32 Å². The summed E-state index contributed by atoms with van der Waals surface area (Å²) >= 11 is 0. The van der Waals surface area contributed by atoms with Crippen LogP contribution >= 0.6 is 0 Å². The first-order valence-corrected chi connectivity index (χ1v) is 6.91. The van der Waals surface area contributed by atoms with Crippen LogP contribution in [0.2, 0.25) is 0 Å². The summed E-state index contributed by atoms with van der Waals surface area (Å²) in [5.74, 6) is -0.396. The molecule has 0 bridgehead atoms. The number of carbonyl (C=O) groups excluding carboxylic acids is 1. The van der Waals surface area contributed by atoms with E-state index in [0.717, 1.165) is 11.1 Å². The van der Waals surface area contributed by atoms with Crippen LogP contribution in [0.25, 0.3) is 10.9 Å². The lowest BCUT2D eigenvalue weighted by atomic mass is 10.1. The molecule has 0 aliphatic carbocycles. The second-order valence-electron chi connectivity index (χ2n) is 5.27. The van der Waals surface area contributed by atoms with Gasteiger partial charge in [0.2, 0.25) is 0 Å². The van der Waals surface area contributed by atoms with Crippen molar-refractivity contribution in [2.45, 2.75) is 13.8 Å². The number of aryl methyl sites for hydroxylation is 2. The molecule has 0 atom stereocenters. The zero-order chi connectivity index (χ0) is 15.7. The molecule has 0 fully saturated rings. The number of rotatable bonds is 2. The Morgan fingerprint density at radius 2 is 1.77 bits per heavy atom. The molecule has 5 nitrogen and oxygen atoms in total. The van der Waals surface area contributed by atoms with Gasteiger partial charge in [-0.05, 0) is 43.2 Å².